The molecule has 3 aromatic rings. The van der Waals surface area contributed by atoms with Crippen molar-refractivity contribution in [1.82, 2.24) is 20.1 Å². The molecule has 0 unspecified atom stereocenters. The molecule has 0 spiro atoms. The van der Waals surface area contributed by atoms with Gasteiger partial charge in [-0.3, -0.25) is 14.5 Å². The number of anilines is 2. The third-order valence-electron chi connectivity index (χ3n) is 4.31. The molecule has 1 amide bonds. The second-order valence-corrected chi connectivity index (χ2v) is 6.67. The lowest BCUT2D eigenvalue weighted by molar-refractivity contribution is -0.286. The first-order valence-electron chi connectivity index (χ1n) is 9.27. The van der Waals surface area contributed by atoms with Crippen LogP contribution in [0.2, 0.25) is 0 Å². The average molecular weight is 415 g/mol. The maximum Gasteiger partial charge on any atom is 0.586 e. The third-order valence-corrected chi connectivity index (χ3v) is 4.31. The Hall–Kier alpha value is -3.69. The van der Waals surface area contributed by atoms with Gasteiger partial charge in [-0.2, -0.15) is 5.10 Å². The number of ether oxygens (including phenoxy) is 2. The van der Waals surface area contributed by atoms with Crippen molar-refractivity contribution in [2.24, 2.45) is 0 Å². The molecule has 0 radical (unpaired) electrons. The van der Waals surface area contributed by atoms with Crippen molar-refractivity contribution in [3.63, 3.8) is 0 Å². The lowest BCUT2D eigenvalue weighted by Gasteiger charge is -2.08. The van der Waals surface area contributed by atoms with E-state index in [9.17, 15) is 13.6 Å². The summed E-state index contributed by atoms with van der Waals surface area (Å²) in [5.41, 5.74) is 2.86. The van der Waals surface area contributed by atoms with Crippen LogP contribution in [0.15, 0.2) is 42.6 Å². The Labute approximate surface area is 170 Å². The molecular formula is C20H19F2N5O3. The summed E-state index contributed by atoms with van der Waals surface area (Å²) in [4.78, 5) is 16.3. The lowest BCUT2D eigenvalue weighted by Crippen LogP contribution is -2.27. The van der Waals surface area contributed by atoms with Crippen LogP contribution in [0.3, 0.4) is 0 Å². The Balaban J connectivity index is 1.63. The van der Waals surface area contributed by atoms with Crippen molar-refractivity contribution >= 4 is 17.4 Å². The van der Waals surface area contributed by atoms with Crippen molar-refractivity contribution in [3.05, 3.63) is 48.3 Å². The molecule has 1 aliphatic rings. The van der Waals surface area contributed by atoms with E-state index in [4.69, 9.17) is 0 Å². The van der Waals surface area contributed by atoms with E-state index >= 15 is 0 Å². The van der Waals surface area contributed by atoms with E-state index in [1.807, 2.05) is 26.0 Å². The highest BCUT2D eigenvalue weighted by Crippen LogP contribution is 2.42. The summed E-state index contributed by atoms with van der Waals surface area (Å²) >= 11 is 0. The topological polar surface area (TPSA) is 90.3 Å². The van der Waals surface area contributed by atoms with Crippen LogP contribution in [0.1, 0.15) is 12.6 Å². The van der Waals surface area contributed by atoms with Gasteiger partial charge in [0.05, 0.1) is 5.69 Å². The summed E-state index contributed by atoms with van der Waals surface area (Å²) in [6, 6.07) is 9.84. The molecule has 1 aliphatic heterocycles. The fourth-order valence-electron chi connectivity index (χ4n) is 3.10. The van der Waals surface area contributed by atoms with Crippen molar-refractivity contribution in [1.29, 1.82) is 0 Å². The molecule has 0 aliphatic carbocycles. The van der Waals surface area contributed by atoms with Gasteiger partial charge < -0.3 is 20.1 Å². The van der Waals surface area contributed by atoms with Gasteiger partial charge in [-0.1, -0.05) is 0 Å². The molecule has 30 heavy (non-hydrogen) atoms. The average Bonchev–Trinajstić information content (AvgIpc) is 3.20. The van der Waals surface area contributed by atoms with Crippen LogP contribution in [-0.2, 0) is 11.3 Å². The van der Waals surface area contributed by atoms with E-state index in [0.29, 0.717) is 23.7 Å². The first-order valence-corrected chi connectivity index (χ1v) is 9.27. The summed E-state index contributed by atoms with van der Waals surface area (Å²) in [5, 5.41) is 10.3. The number of aryl methyl sites for hydroxylation is 1. The molecule has 2 aromatic heterocycles. The summed E-state index contributed by atoms with van der Waals surface area (Å²) in [6.07, 6.45) is -2.00. The molecule has 0 saturated heterocycles. The second kappa shape index (κ2) is 7.62. The number of carbonyl (C=O) groups excluding carboxylic acids is 1. The number of rotatable bonds is 6. The third kappa shape index (κ3) is 4.17. The van der Waals surface area contributed by atoms with Crippen LogP contribution in [0.5, 0.6) is 11.5 Å². The first kappa shape index (κ1) is 19.6. The summed E-state index contributed by atoms with van der Waals surface area (Å²) in [7, 11) is 0. The zero-order valence-corrected chi connectivity index (χ0v) is 16.3. The molecule has 10 heteroatoms. The lowest BCUT2D eigenvalue weighted by atomic mass is 10.1. The van der Waals surface area contributed by atoms with Gasteiger partial charge in [-0.25, -0.2) is 0 Å². The highest BCUT2D eigenvalue weighted by molar-refractivity contribution is 5.77. The Bertz CT molecular complexity index is 1100. The Kier molecular flexibility index (Phi) is 4.98. The number of benzene rings is 1. The number of nitrogens with zero attached hydrogens (tertiary/aromatic N) is 3. The van der Waals surface area contributed by atoms with Crippen LogP contribution < -0.4 is 20.1 Å². The standard InChI is InChI=1S/C20H19F2N5O3/c1-3-23-19(28)11-27-15(13-6-7-24-12(2)8-13)10-18(26-27)25-14-4-5-16-17(9-14)30-20(21,22)29-16/h4-10H,3,11H2,1-2H3,(H,23,28)(H,25,26). The molecule has 4 rings (SSSR count). The van der Waals surface area contributed by atoms with Crippen molar-refractivity contribution in [3.8, 4) is 22.8 Å². The number of fused-ring (bicyclic) bond motifs is 1. The number of alkyl halides is 2. The van der Waals surface area contributed by atoms with Crippen LogP contribution in [0.4, 0.5) is 20.3 Å². The van der Waals surface area contributed by atoms with Crippen molar-refractivity contribution in [2.75, 3.05) is 11.9 Å². The maximum atomic E-state index is 13.2. The van der Waals surface area contributed by atoms with E-state index in [2.05, 4.69) is 30.2 Å². The van der Waals surface area contributed by atoms with Crippen LogP contribution >= 0.6 is 0 Å². The van der Waals surface area contributed by atoms with Gasteiger partial charge in [0.25, 0.3) is 0 Å². The smallest absolute Gasteiger partial charge is 0.395 e. The van der Waals surface area contributed by atoms with Crippen molar-refractivity contribution in [2.45, 2.75) is 26.7 Å². The molecule has 3 heterocycles. The number of nitrogens with one attached hydrogen (secondary N) is 2. The van der Waals surface area contributed by atoms with Gasteiger partial charge in [0.2, 0.25) is 5.91 Å². The van der Waals surface area contributed by atoms with Crippen LogP contribution in [0, 0.1) is 6.92 Å². The van der Waals surface area contributed by atoms with Gasteiger partial charge in [-0.15, -0.1) is 8.78 Å². The minimum absolute atomic E-state index is 0.0274. The highest BCUT2D eigenvalue weighted by atomic mass is 19.3. The number of likely N-dealkylation sites (N-methyl/N-ethyl adjacent to an activating group) is 1. The fourth-order valence-corrected chi connectivity index (χ4v) is 3.10. The zero-order chi connectivity index (χ0) is 21.3. The number of amides is 1. The molecule has 0 bridgehead atoms. The molecule has 0 saturated carbocycles. The summed E-state index contributed by atoms with van der Waals surface area (Å²) in [5.74, 6) is 0.149. The van der Waals surface area contributed by atoms with Gasteiger partial charge >= 0.3 is 6.29 Å². The predicted molar refractivity (Wildman–Crippen MR) is 105 cm³/mol. The molecule has 0 fully saturated rings. The minimum atomic E-state index is -3.68. The van der Waals surface area contributed by atoms with Gasteiger partial charge in [0, 0.05) is 41.8 Å². The van der Waals surface area contributed by atoms with E-state index in [1.165, 1.54) is 12.1 Å². The van der Waals surface area contributed by atoms with Crippen LogP contribution in [-0.4, -0.2) is 33.5 Å². The number of hydrogen-bond donors (Lipinski definition) is 2. The first-order chi connectivity index (χ1) is 14.3. The monoisotopic (exact) mass is 415 g/mol. The van der Waals surface area contributed by atoms with E-state index in [1.54, 1.807) is 23.0 Å². The summed E-state index contributed by atoms with van der Waals surface area (Å²) in [6.45, 7) is 4.25. The number of carbonyl (C=O) groups is 1. The maximum absolute atomic E-state index is 13.2. The van der Waals surface area contributed by atoms with Crippen molar-refractivity contribution < 1.29 is 23.0 Å². The van der Waals surface area contributed by atoms with E-state index in [-0.39, 0.29) is 24.0 Å². The van der Waals surface area contributed by atoms with Gasteiger partial charge in [0.1, 0.15) is 6.54 Å². The molecule has 8 nitrogen and oxygen atoms in total. The SMILES string of the molecule is CCNC(=O)Cn1nc(Nc2ccc3c(c2)OC(F)(F)O3)cc1-c1ccnc(C)c1. The largest absolute Gasteiger partial charge is 0.586 e. The molecular weight excluding hydrogens is 396 g/mol. The molecule has 0 atom stereocenters. The molecule has 2 N–H and O–H groups in total. The quantitative estimate of drug-likeness (QED) is 0.641. The Morgan fingerprint density at radius 3 is 2.73 bits per heavy atom. The zero-order valence-electron chi connectivity index (χ0n) is 16.3. The van der Waals surface area contributed by atoms with E-state index in [0.717, 1.165) is 11.3 Å². The normalized spacial score (nSPS) is 13.9. The number of hydrogen-bond acceptors (Lipinski definition) is 6. The molecule has 1 aromatic carbocycles. The van der Waals surface area contributed by atoms with Gasteiger partial charge in [0.15, 0.2) is 17.3 Å². The summed E-state index contributed by atoms with van der Waals surface area (Å²) < 4.78 is 36.9. The Morgan fingerprint density at radius 1 is 1.17 bits per heavy atom. The second-order valence-electron chi connectivity index (χ2n) is 6.67. The highest BCUT2D eigenvalue weighted by Gasteiger charge is 2.43. The number of pyridine rings is 1. The van der Waals surface area contributed by atoms with Gasteiger partial charge in [-0.05, 0) is 38.1 Å². The Morgan fingerprint density at radius 2 is 1.97 bits per heavy atom. The van der Waals surface area contributed by atoms with Crippen LogP contribution in [0.25, 0.3) is 11.3 Å². The molecule has 156 valence electrons. The number of aromatic nitrogens is 3. The number of halogens is 2. The minimum Gasteiger partial charge on any atom is -0.395 e. The fraction of sp³-hybridized carbons (Fsp3) is 0.250. The predicted octanol–water partition coefficient (Wildman–Crippen LogP) is 3.45. The van der Waals surface area contributed by atoms with E-state index < -0.39 is 6.29 Å².